The number of nitrogens with zero attached hydrogens (tertiary/aromatic N) is 3. The number of anilines is 1. The topological polar surface area (TPSA) is 110 Å². The lowest BCUT2D eigenvalue weighted by Crippen LogP contribution is -2.24. The summed E-state index contributed by atoms with van der Waals surface area (Å²) in [5, 5.41) is 13.4. The number of carboxylic acids is 1. The fourth-order valence-electron chi connectivity index (χ4n) is 3.78. The van der Waals surface area contributed by atoms with E-state index in [1.807, 2.05) is 4.90 Å². The van der Waals surface area contributed by atoms with Crippen molar-refractivity contribution in [2.45, 2.75) is 18.9 Å². The summed E-state index contributed by atoms with van der Waals surface area (Å²) < 4.78 is 16.7. The van der Waals surface area contributed by atoms with Crippen LogP contribution in [0.4, 0.5) is 10.1 Å². The second-order valence-electron chi connectivity index (χ2n) is 7.21. The standard InChI is InChI=1S/C19H21FN4O4/c1-28-22-15-9-23(7-10(15)6-21)17-5-16-12(4-14(17)20)18(25)13(19(26)27)8-24(16)11-2-3-11/h4-5,8,10-11H,2-3,6-7,9,21H2,1H3,(H,26,27)/b22-15+. The van der Waals surface area contributed by atoms with E-state index in [1.165, 1.54) is 13.3 Å². The van der Waals surface area contributed by atoms with E-state index in [4.69, 9.17) is 10.6 Å². The summed E-state index contributed by atoms with van der Waals surface area (Å²) in [6.45, 7) is 1.23. The Morgan fingerprint density at radius 1 is 1.43 bits per heavy atom. The Hall–Kier alpha value is -2.94. The third-order valence-electron chi connectivity index (χ3n) is 5.37. The summed E-state index contributed by atoms with van der Waals surface area (Å²) >= 11 is 0. The van der Waals surface area contributed by atoms with Gasteiger partial charge in [-0.3, -0.25) is 4.79 Å². The smallest absolute Gasteiger partial charge is 0.341 e. The van der Waals surface area contributed by atoms with Crippen molar-refractivity contribution in [1.82, 2.24) is 4.57 Å². The molecule has 2 aromatic rings. The van der Waals surface area contributed by atoms with Gasteiger partial charge >= 0.3 is 5.97 Å². The maximum Gasteiger partial charge on any atom is 0.341 e. The highest BCUT2D eigenvalue weighted by Gasteiger charge is 2.32. The lowest BCUT2D eigenvalue weighted by Gasteiger charge is -2.20. The Morgan fingerprint density at radius 2 is 2.18 bits per heavy atom. The minimum Gasteiger partial charge on any atom is -0.477 e. The van der Waals surface area contributed by atoms with Crippen molar-refractivity contribution in [3.05, 3.63) is 39.9 Å². The third kappa shape index (κ3) is 3.01. The van der Waals surface area contributed by atoms with Gasteiger partial charge in [-0.2, -0.15) is 0 Å². The Kier molecular flexibility index (Phi) is 4.54. The molecule has 28 heavy (non-hydrogen) atoms. The molecule has 0 amide bonds. The van der Waals surface area contributed by atoms with Crippen LogP contribution in [0.1, 0.15) is 29.2 Å². The summed E-state index contributed by atoms with van der Waals surface area (Å²) in [4.78, 5) is 30.7. The quantitative estimate of drug-likeness (QED) is 0.753. The van der Waals surface area contributed by atoms with Crippen LogP contribution in [0.5, 0.6) is 0 Å². The summed E-state index contributed by atoms with van der Waals surface area (Å²) in [5.41, 5.74) is 6.40. The van der Waals surface area contributed by atoms with Crippen LogP contribution in [-0.4, -0.2) is 48.1 Å². The summed E-state index contributed by atoms with van der Waals surface area (Å²) in [6.07, 6.45) is 3.16. The number of carbonyl (C=O) groups is 1. The SMILES string of the molecule is CO/N=C1\CN(c2cc3c(cc2F)c(=O)c(C(=O)O)cn3C2CC2)CC1CN. The lowest BCUT2D eigenvalue weighted by molar-refractivity contribution is 0.0695. The van der Waals surface area contributed by atoms with Crippen molar-refractivity contribution in [2.24, 2.45) is 16.8 Å². The van der Waals surface area contributed by atoms with E-state index >= 15 is 0 Å². The van der Waals surface area contributed by atoms with Crippen molar-refractivity contribution >= 4 is 28.3 Å². The molecule has 0 bridgehead atoms. The zero-order valence-electron chi connectivity index (χ0n) is 15.4. The van der Waals surface area contributed by atoms with E-state index in [0.29, 0.717) is 30.8 Å². The molecule has 1 atom stereocenters. The van der Waals surface area contributed by atoms with Gasteiger partial charge in [0.15, 0.2) is 0 Å². The van der Waals surface area contributed by atoms with Gasteiger partial charge in [0.1, 0.15) is 18.5 Å². The molecule has 148 valence electrons. The number of nitrogens with two attached hydrogens (primary N) is 1. The number of hydrogen-bond donors (Lipinski definition) is 2. The Morgan fingerprint density at radius 3 is 2.79 bits per heavy atom. The molecule has 2 heterocycles. The zero-order valence-corrected chi connectivity index (χ0v) is 15.4. The van der Waals surface area contributed by atoms with E-state index in [-0.39, 0.29) is 22.9 Å². The van der Waals surface area contributed by atoms with Crippen LogP contribution in [0.3, 0.4) is 0 Å². The summed E-state index contributed by atoms with van der Waals surface area (Å²) in [7, 11) is 1.45. The first kappa shape index (κ1) is 18.4. The van der Waals surface area contributed by atoms with E-state index < -0.39 is 17.2 Å². The molecule has 1 aromatic heterocycles. The number of benzene rings is 1. The van der Waals surface area contributed by atoms with Crippen molar-refractivity contribution in [3.63, 3.8) is 0 Å². The molecule has 2 fully saturated rings. The first-order chi connectivity index (χ1) is 13.4. The molecule has 0 radical (unpaired) electrons. The molecule has 1 saturated carbocycles. The second-order valence-corrected chi connectivity index (χ2v) is 7.21. The molecule has 8 nitrogen and oxygen atoms in total. The van der Waals surface area contributed by atoms with Gasteiger partial charge in [-0.1, -0.05) is 5.16 Å². The molecule has 1 aromatic carbocycles. The average molecular weight is 388 g/mol. The molecule has 0 spiro atoms. The van der Waals surface area contributed by atoms with Crippen molar-refractivity contribution in [2.75, 3.05) is 31.6 Å². The van der Waals surface area contributed by atoms with Gasteiger partial charge in [0, 0.05) is 36.6 Å². The van der Waals surface area contributed by atoms with Crippen LogP contribution in [-0.2, 0) is 4.84 Å². The lowest BCUT2D eigenvalue weighted by atomic mass is 10.1. The normalized spacial score (nSPS) is 20.9. The number of aromatic carboxylic acids is 1. The van der Waals surface area contributed by atoms with Crippen molar-refractivity contribution in [1.29, 1.82) is 0 Å². The van der Waals surface area contributed by atoms with E-state index in [0.717, 1.165) is 24.6 Å². The maximum atomic E-state index is 14.9. The molecule has 1 unspecified atom stereocenters. The van der Waals surface area contributed by atoms with E-state index in [2.05, 4.69) is 5.16 Å². The van der Waals surface area contributed by atoms with Crippen LogP contribution in [0.25, 0.3) is 10.9 Å². The van der Waals surface area contributed by atoms with Gasteiger partial charge in [-0.25, -0.2) is 9.18 Å². The number of halogens is 1. The molecule has 1 aliphatic carbocycles. The Bertz CT molecular complexity index is 1040. The molecule has 3 N–H and O–H groups in total. The highest BCUT2D eigenvalue weighted by Crippen LogP contribution is 2.38. The highest BCUT2D eigenvalue weighted by atomic mass is 19.1. The van der Waals surface area contributed by atoms with Crippen LogP contribution in [0.2, 0.25) is 0 Å². The number of carboxylic acid groups (broad SMARTS) is 1. The Balaban J connectivity index is 1.86. The van der Waals surface area contributed by atoms with E-state index in [9.17, 15) is 19.1 Å². The molecular formula is C19H21FN4O4. The third-order valence-corrected chi connectivity index (χ3v) is 5.37. The highest BCUT2D eigenvalue weighted by molar-refractivity contribution is 5.96. The maximum absolute atomic E-state index is 14.9. The first-order valence-electron chi connectivity index (χ1n) is 9.11. The molecule has 9 heteroatoms. The average Bonchev–Trinajstić information content (AvgIpc) is 3.42. The second kappa shape index (κ2) is 6.90. The van der Waals surface area contributed by atoms with Crippen LogP contribution >= 0.6 is 0 Å². The van der Waals surface area contributed by atoms with Gasteiger partial charge in [-0.05, 0) is 25.0 Å². The van der Waals surface area contributed by atoms with Gasteiger partial charge < -0.3 is 25.1 Å². The first-order valence-corrected chi connectivity index (χ1v) is 9.11. The minimum atomic E-state index is -1.31. The number of pyridine rings is 1. The predicted octanol–water partition coefficient (Wildman–Crippen LogP) is 1.57. The monoisotopic (exact) mass is 388 g/mol. The van der Waals surface area contributed by atoms with Gasteiger partial charge in [-0.15, -0.1) is 0 Å². The van der Waals surface area contributed by atoms with E-state index in [1.54, 1.807) is 10.6 Å². The largest absolute Gasteiger partial charge is 0.477 e. The van der Waals surface area contributed by atoms with Crippen LogP contribution < -0.4 is 16.1 Å². The predicted molar refractivity (Wildman–Crippen MR) is 103 cm³/mol. The number of fused-ring (bicyclic) bond motifs is 1. The minimum absolute atomic E-state index is 0.0462. The molecular weight excluding hydrogens is 367 g/mol. The van der Waals surface area contributed by atoms with Gasteiger partial charge in [0.05, 0.1) is 23.5 Å². The zero-order chi connectivity index (χ0) is 20.0. The number of aromatic nitrogens is 1. The summed E-state index contributed by atoms with van der Waals surface area (Å²) in [5.74, 6) is -1.93. The van der Waals surface area contributed by atoms with Crippen molar-refractivity contribution < 1.29 is 19.1 Å². The van der Waals surface area contributed by atoms with Crippen LogP contribution in [0.15, 0.2) is 28.3 Å². The van der Waals surface area contributed by atoms with Gasteiger partial charge in [0.25, 0.3) is 0 Å². The Labute approximate surface area is 160 Å². The number of oxime groups is 1. The van der Waals surface area contributed by atoms with Crippen LogP contribution in [0, 0.1) is 11.7 Å². The molecule has 2 aliphatic rings. The van der Waals surface area contributed by atoms with Gasteiger partial charge in [0.2, 0.25) is 5.43 Å². The fraction of sp³-hybridized carbons (Fsp3) is 0.421. The molecule has 1 saturated heterocycles. The molecule has 1 aliphatic heterocycles. The number of hydrogen-bond acceptors (Lipinski definition) is 6. The summed E-state index contributed by atoms with van der Waals surface area (Å²) in [6, 6.07) is 2.89. The van der Waals surface area contributed by atoms with Crippen molar-refractivity contribution in [3.8, 4) is 0 Å². The molecule has 4 rings (SSSR count). The number of rotatable bonds is 5. The fourth-order valence-corrected chi connectivity index (χ4v) is 3.78.